The van der Waals surface area contributed by atoms with Crippen molar-refractivity contribution in [3.63, 3.8) is 0 Å². The number of nitrogens with zero attached hydrogens (tertiary/aromatic N) is 1. The molecule has 0 N–H and O–H groups in total. The maximum atomic E-state index is 11.0. The number of ether oxygens (including phenoxy) is 1. The molecule has 0 aromatic carbocycles. The smallest absolute Gasteiger partial charge is 0.330 e. The highest BCUT2D eigenvalue weighted by Gasteiger charge is 2.16. The Hall–Kier alpha value is -0.830. The Morgan fingerprint density at radius 2 is 2.33 bits per heavy atom. The minimum absolute atomic E-state index is 0.226. The first-order valence-electron chi connectivity index (χ1n) is 5.77. The van der Waals surface area contributed by atoms with E-state index in [1.807, 2.05) is 13.0 Å². The van der Waals surface area contributed by atoms with Gasteiger partial charge in [-0.25, -0.2) is 4.79 Å². The van der Waals surface area contributed by atoms with Crippen LogP contribution in [0.4, 0.5) is 0 Å². The fourth-order valence-corrected chi connectivity index (χ4v) is 1.95. The highest BCUT2D eigenvalue weighted by molar-refractivity contribution is 5.81. The molecule has 15 heavy (non-hydrogen) atoms. The second-order valence-corrected chi connectivity index (χ2v) is 4.02. The Morgan fingerprint density at radius 1 is 1.53 bits per heavy atom. The van der Waals surface area contributed by atoms with Crippen molar-refractivity contribution >= 4 is 5.97 Å². The van der Waals surface area contributed by atoms with Crippen molar-refractivity contribution in [2.24, 2.45) is 0 Å². The van der Waals surface area contributed by atoms with Crippen molar-refractivity contribution in [3.8, 4) is 0 Å². The van der Waals surface area contributed by atoms with Crippen LogP contribution in [0.15, 0.2) is 12.2 Å². The quantitative estimate of drug-likeness (QED) is 0.526. The number of carbonyl (C=O) groups is 1. The second kappa shape index (κ2) is 6.62. The predicted octanol–water partition coefficient (Wildman–Crippen LogP) is 1.98. The number of piperidine rings is 1. The van der Waals surface area contributed by atoms with Gasteiger partial charge in [0.2, 0.25) is 0 Å². The zero-order chi connectivity index (χ0) is 11.1. The molecule has 1 atom stereocenters. The van der Waals surface area contributed by atoms with Crippen molar-refractivity contribution in [1.82, 2.24) is 4.90 Å². The molecule has 0 bridgehead atoms. The number of likely N-dealkylation sites (tertiary alicyclic amines) is 1. The van der Waals surface area contributed by atoms with Crippen molar-refractivity contribution in [1.29, 1.82) is 0 Å². The van der Waals surface area contributed by atoms with E-state index in [0.717, 1.165) is 6.42 Å². The first-order chi connectivity index (χ1) is 7.24. The highest BCUT2D eigenvalue weighted by Crippen LogP contribution is 2.17. The summed E-state index contributed by atoms with van der Waals surface area (Å²) in [5, 5.41) is 0. The molecule has 1 rings (SSSR count). The Bertz CT molecular complexity index is 226. The minimum Gasteiger partial charge on any atom is -0.463 e. The van der Waals surface area contributed by atoms with Gasteiger partial charge in [0.15, 0.2) is 0 Å². The molecule has 0 saturated carbocycles. The topological polar surface area (TPSA) is 29.5 Å². The maximum Gasteiger partial charge on any atom is 0.330 e. The fourth-order valence-electron chi connectivity index (χ4n) is 1.95. The van der Waals surface area contributed by atoms with Crippen molar-refractivity contribution < 1.29 is 9.53 Å². The molecule has 1 fully saturated rings. The van der Waals surface area contributed by atoms with Crippen LogP contribution in [0.1, 0.15) is 32.6 Å². The van der Waals surface area contributed by atoms with Crippen molar-refractivity contribution in [3.05, 3.63) is 12.2 Å². The highest BCUT2D eigenvalue weighted by atomic mass is 16.5. The Kier molecular flexibility index (Phi) is 5.40. The lowest BCUT2D eigenvalue weighted by Gasteiger charge is -2.31. The summed E-state index contributed by atoms with van der Waals surface area (Å²) in [4.78, 5) is 13.4. The van der Waals surface area contributed by atoms with E-state index in [4.69, 9.17) is 4.74 Å². The number of hydrogen-bond acceptors (Lipinski definition) is 3. The molecule has 0 aromatic heterocycles. The standard InChI is InChI=1S/C12H21NO2/c1-3-15-12(14)9-6-8-11-7-4-5-10-13(11)2/h6,9,11H,3-5,7-8,10H2,1-2H3. The monoisotopic (exact) mass is 211 g/mol. The third kappa shape index (κ3) is 4.47. The maximum absolute atomic E-state index is 11.0. The number of esters is 1. The summed E-state index contributed by atoms with van der Waals surface area (Å²) >= 11 is 0. The molecule has 0 aliphatic carbocycles. The normalized spacial score (nSPS) is 23.2. The van der Waals surface area contributed by atoms with E-state index in [9.17, 15) is 4.79 Å². The summed E-state index contributed by atoms with van der Waals surface area (Å²) in [6.45, 7) is 3.45. The summed E-state index contributed by atoms with van der Waals surface area (Å²) in [5.74, 6) is -0.226. The molecule has 86 valence electrons. The molecule has 3 nitrogen and oxygen atoms in total. The molecule has 0 radical (unpaired) electrons. The zero-order valence-electron chi connectivity index (χ0n) is 9.74. The SMILES string of the molecule is CCOC(=O)C=CCC1CCCCN1C. The van der Waals surface area contributed by atoms with Crippen LogP contribution in [0.3, 0.4) is 0 Å². The van der Waals surface area contributed by atoms with Gasteiger partial charge in [0.1, 0.15) is 0 Å². The van der Waals surface area contributed by atoms with E-state index < -0.39 is 0 Å². The Labute approximate surface area is 92.1 Å². The minimum atomic E-state index is -0.226. The van der Waals surface area contributed by atoms with Crippen LogP contribution in [0.2, 0.25) is 0 Å². The van der Waals surface area contributed by atoms with Gasteiger partial charge in [-0.15, -0.1) is 0 Å². The van der Waals surface area contributed by atoms with Crippen LogP contribution in [-0.2, 0) is 9.53 Å². The molecular weight excluding hydrogens is 190 g/mol. The summed E-state index contributed by atoms with van der Waals surface area (Å²) < 4.78 is 4.82. The molecule has 0 spiro atoms. The second-order valence-electron chi connectivity index (χ2n) is 4.02. The number of hydrogen-bond donors (Lipinski definition) is 0. The largest absolute Gasteiger partial charge is 0.463 e. The third-order valence-electron chi connectivity index (χ3n) is 2.87. The van der Waals surface area contributed by atoms with Crippen LogP contribution < -0.4 is 0 Å². The van der Waals surface area contributed by atoms with E-state index >= 15 is 0 Å². The molecule has 1 heterocycles. The van der Waals surface area contributed by atoms with Crippen LogP contribution in [0, 0.1) is 0 Å². The summed E-state index contributed by atoms with van der Waals surface area (Å²) in [6, 6.07) is 0.601. The van der Waals surface area contributed by atoms with Gasteiger partial charge in [-0.2, -0.15) is 0 Å². The zero-order valence-corrected chi connectivity index (χ0v) is 9.74. The van der Waals surface area contributed by atoms with Gasteiger partial charge in [-0.3, -0.25) is 0 Å². The lowest BCUT2D eigenvalue weighted by Crippen LogP contribution is -2.35. The van der Waals surface area contributed by atoms with Crippen LogP contribution in [-0.4, -0.2) is 37.1 Å². The summed E-state index contributed by atoms with van der Waals surface area (Å²) in [6.07, 6.45) is 8.28. The number of carbonyl (C=O) groups excluding carboxylic acids is 1. The first kappa shape index (κ1) is 12.2. The van der Waals surface area contributed by atoms with Crippen LogP contribution in [0.25, 0.3) is 0 Å². The van der Waals surface area contributed by atoms with E-state index in [2.05, 4.69) is 11.9 Å². The van der Waals surface area contributed by atoms with E-state index in [1.54, 1.807) is 6.08 Å². The van der Waals surface area contributed by atoms with Gasteiger partial charge in [0.05, 0.1) is 6.61 Å². The Balaban J connectivity index is 2.25. The van der Waals surface area contributed by atoms with Gasteiger partial charge in [-0.1, -0.05) is 12.5 Å². The molecule has 1 saturated heterocycles. The molecule has 3 heteroatoms. The van der Waals surface area contributed by atoms with E-state index in [0.29, 0.717) is 12.6 Å². The third-order valence-corrected chi connectivity index (χ3v) is 2.87. The van der Waals surface area contributed by atoms with E-state index in [-0.39, 0.29) is 5.97 Å². The predicted molar refractivity (Wildman–Crippen MR) is 60.7 cm³/mol. The molecule has 0 aromatic rings. The fraction of sp³-hybridized carbons (Fsp3) is 0.750. The average molecular weight is 211 g/mol. The number of rotatable bonds is 4. The van der Waals surface area contributed by atoms with Crippen LogP contribution in [0.5, 0.6) is 0 Å². The molecule has 1 aliphatic heterocycles. The van der Waals surface area contributed by atoms with Crippen LogP contribution >= 0.6 is 0 Å². The molecule has 0 amide bonds. The summed E-state index contributed by atoms with van der Waals surface area (Å²) in [5.41, 5.74) is 0. The van der Waals surface area contributed by atoms with Crippen molar-refractivity contribution in [2.45, 2.75) is 38.6 Å². The van der Waals surface area contributed by atoms with Gasteiger partial charge >= 0.3 is 5.97 Å². The van der Waals surface area contributed by atoms with Gasteiger partial charge in [0, 0.05) is 12.1 Å². The average Bonchev–Trinajstić information content (AvgIpc) is 2.21. The first-order valence-corrected chi connectivity index (χ1v) is 5.77. The molecular formula is C12H21NO2. The lowest BCUT2D eigenvalue weighted by molar-refractivity contribution is -0.137. The van der Waals surface area contributed by atoms with Gasteiger partial charge in [-0.05, 0) is 39.8 Å². The van der Waals surface area contributed by atoms with E-state index in [1.165, 1.54) is 25.8 Å². The Morgan fingerprint density at radius 3 is 3.00 bits per heavy atom. The lowest BCUT2D eigenvalue weighted by atomic mass is 10.00. The van der Waals surface area contributed by atoms with Gasteiger partial charge in [0.25, 0.3) is 0 Å². The molecule has 1 unspecified atom stereocenters. The summed E-state index contributed by atoms with van der Waals surface area (Å²) in [7, 11) is 2.15. The van der Waals surface area contributed by atoms with Crippen molar-refractivity contribution in [2.75, 3.05) is 20.2 Å². The molecule has 1 aliphatic rings. The van der Waals surface area contributed by atoms with Gasteiger partial charge < -0.3 is 9.64 Å².